The summed E-state index contributed by atoms with van der Waals surface area (Å²) < 4.78 is 11.1. The summed E-state index contributed by atoms with van der Waals surface area (Å²) in [7, 11) is 0. The third-order valence-electron chi connectivity index (χ3n) is 3.45. The predicted octanol–water partition coefficient (Wildman–Crippen LogP) is 1.50. The van der Waals surface area contributed by atoms with E-state index in [-0.39, 0.29) is 6.10 Å². The highest BCUT2D eigenvalue weighted by Crippen LogP contribution is 2.24. The van der Waals surface area contributed by atoms with E-state index in [0.717, 1.165) is 31.6 Å². The van der Waals surface area contributed by atoms with Crippen molar-refractivity contribution < 1.29 is 9.26 Å². The van der Waals surface area contributed by atoms with Crippen molar-refractivity contribution in [3.63, 3.8) is 0 Å². The van der Waals surface area contributed by atoms with Gasteiger partial charge in [-0.3, -0.25) is 4.90 Å². The molecule has 0 radical (unpaired) electrons. The van der Waals surface area contributed by atoms with Crippen LogP contribution in [-0.2, 0) is 4.74 Å². The molecule has 0 saturated carbocycles. The van der Waals surface area contributed by atoms with Crippen LogP contribution in [0.5, 0.6) is 0 Å². The lowest BCUT2D eigenvalue weighted by atomic mass is 10.2. The quantitative estimate of drug-likeness (QED) is 0.912. The van der Waals surface area contributed by atoms with Gasteiger partial charge in [0.2, 0.25) is 5.82 Å². The fourth-order valence-electron chi connectivity index (χ4n) is 2.44. The topological polar surface area (TPSA) is 90.3 Å². The average molecular weight is 289 g/mol. The highest BCUT2D eigenvalue weighted by molar-refractivity contribution is 5.56. The monoisotopic (exact) mass is 289 g/mol. The van der Waals surface area contributed by atoms with Crippen LogP contribution in [-0.4, -0.2) is 46.3 Å². The lowest BCUT2D eigenvalue weighted by Gasteiger charge is -2.30. The molecule has 7 nitrogen and oxygen atoms in total. The van der Waals surface area contributed by atoms with Gasteiger partial charge in [0.15, 0.2) is 0 Å². The summed E-state index contributed by atoms with van der Waals surface area (Å²) in [5, 5.41) is 4.04. The Labute approximate surface area is 123 Å². The van der Waals surface area contributed by atoms with Gasteiger partial charge in [0.1, 0.15) is 11.9 Å². The van der Waals surface area contributed by atoms with Crippen molar-refractivity contribution in [1.82, 2.24) is 20.0 Å². The van der Waals surface area contributed by atoms with E-state index in [2.05, 4.69) is 26.9 Å². The number of nitrogen functional groups attached to an aromatic ring is 1. The number of anilines is 1. The largest absolute Gasteiger partial charge is 0.384 e. The smallest absolute Gasteiger partial charge is 0.258 e. The van der Waals surface area contributed by atoms with Crippen LogP contribution in [0.3, 0.4) is 0 Å². The molecule has 0 spiro atoms. The third-order valence-corrected chi connectivity index (χ3v) is 3.45. The van der Waals surface area contributed by atoms with Crippen molar-refractivity contribution in [3.05, 3.63) is 24.2 Å². The fourth-order valence-corrected chi connectivity index (χ4v) is 2.44. The van der Waals surface area contributed by atoms with Gasteiger partial charge in [0.25, 0.3) is 5.89 Å². The molecule has 0 amide bonds. The zero-order valence-electron chi connectivity index (χ0n) is 12.0. The standard InChI is InChI=1S/C14H19N5O2/c1-2-5-19-6-7-20-11(9-19)13-17-14(21-18-13)10-3-4-16-12(15)8-10/h3-4,8,11H,2,5-7,9H2,1H3,(H2,15,16). The Morgan fingerprint density at radius 2 is 2.38 bits per heavy atom. The van der Waals surface area contributed by atoms with Crippen LogP contribution in [0.4, 0.5) is 5.82 Å². The van der Waals surface area contributed by atoms with Gasteiger partial charge < -0.3 is 15.0 Å². The Hall–Kier alpha value is -1.99. The lowest BCUT2D eigenvalue weighted by molar-refractivity contribution is -0.0350. The second-order valence-corrected chi connectivity index (χ2v) is 5.09. The Bertz CT molecular complexity index is 599. The van der Waals surface area contributed by atoms with Crippen LogP contribution >= 0.6 is 0 Å². The van der Waals surface area contributed by atoms with Gasteiger partial charge >= 0.3 is 0 Å². The molecule has 21 heavy (non-hydrogen) atoms. The molecule has 7 heteroatoms. The molecule has 1 saturated heterocycles. The minimum Gasteiger partial charge on any atom is -0.384 e. The summed E-state index contributed by atoms with van der Waals surface area (Å²) in [5.41, 5.74) is 6.43. The Morgan fingerprint density at radius 3 is 3.19 bits per heavy atom. The van der Waals surface area contributed by atoms with E-state index in [1.165, 1.54) is 0 Å². The predicted molar refractivity (Wildman–Crippen MR) is 77.4 cm³/mol. The van der Waals surface area contributed by atoms with Crippen molar-refractivity contribution in [2.75, 3.05) is 32.0 Å². The van der Waals surface area contributed by atoms with E-state index in [4.69, 9.17) is 15.0 Å². The number of rotatable bonds is 4. The van der Waals surface area contributed by atoms with Crippen LogP contribution < -0.4 is 5.73 Å². The highest BCUT2D eigenvalue weighted by Gasteiger charge is 2.26. The molecule has 3 rings (SSSR count). The fraction of sp³-hybridized carbons (Fsp3) is 0.500. The SMILES string of the molecule is CCCN1CCOC(c2noc(-c3ccnc(N)c3)n2)C1. The molecule has 2 aromatic rings. The summed E-state index contributed by atoms with van der Waals surface area (Å²) in [6.45, 7) is 5.67. The number of hydrogen-bond acceptors (Lipinski definition) is 7. The summed E-state index contributed by atoms with van der Waals surface area (Å²) in [6.07, 6.45) is 2.61. The normalized spacial score (nSPS) is 19.8. The Kier molecular flexibility index (Phi) is 4.12. The van der Waals surface area contributed by atoms with Crippen molar-refractivity contribution in [1.29, 1.82) is 0 Å². The number of pyridine rings is 1. The maximum atomic E-state index is 5.75. The summed E-state index contributed by atoms with van der Waals surface area (Å²) in [5.74, 6) is 1.45. The first-order valence-electron chi connectivity index (χ1n) is 7.15. The van der Waals surface area contributed by atoms with Crippen molar-refractivity contribution in [3.8, 4) is 11.5 Å². The van der Waals surface area contributed by atoms with Gasteiger partial charge in [-0.1, -0.05) is 12.1 Å². The van der Waals surface area contributed by atoms with E-state index < -0.39 is 0 Å². The van der Waals surface area contributed by atoms with E-state index in [1.807, 2.05) is 0 Å². The number of hydrogen-bond donors (Lipinski definition) is 1. The molecule has 2 aromatic heterocycles. The first kappa shape index (κ1) is 14.0. The molecule has 0 aromatic carbocycles. The summed E-state index contributed by atoms with van der Waals surface area (Å²) >= 11 is 0. The molecular formula is C14H19N5O2. The second kappa shape index (κ2) is 6.19. The second-order valence-electron chi connectivity index (χ2n) is 5.09. The molecule has 1 atom stereocenters. The first-order valence-corrected chi connectivity index (χ1v) is 7.15. The van der Waals surface area contributed by atoms with Crippen LogP contribution in [0.25, 0.3) is 11.5 Å². The minimum atomic E-state index is -0.137. The van der Waals surface area contributed by atoms with Gasteiger partial charge in [0.05, 0.1) is 6.61 Å². The maximum Gasteiger partial charge on any atom is 0.258 e. The third kappa shape index (κ3) is 3.20. The number of ether oxygens (including phenoxy) is 1. The zero-order valence-corrected chi connectivity index (χ0v) is 12.0. The number of morpholine rings is 1. The molecule has 3 heterocycles. The first-order chi connectivity index (χ1) is 10.3. The molecule has 1 aliphatic heterocycles. The molecule has 1 aliphatic rings. The van der Waals surface area contributed by atoms with Gasteiger partial charge in [-0.25, -0.2) is 4.98 Å². The van der Waals surface area contributed by atoms with Crippen LogP contribution in [0.2, 0.25) is 0 Å². The van der Waals surface area contributed by atoms with Gasteiger partial charge in [-0.05, 0) is 25.1 Å². The molecule has 0 aliphatic carbocycles. The van der Waals surface area contributed by atoms with E-state index in [9.17, 15) is 0 Å². The van der Waals surface area contributed by atoms with Gasteiger partial charge in [0, 0.05) is 24.8 Å². The van der Waals surface area contributed by atoms with Crippen molar-refractivity contribution in [2.24, 2.45) is 0 Å². The van der Waals surface area contributed by atoms with Crippen molar-refractivity contribution >= 4 is 5.82 Å². The number of nitrogens with two attached hydrogens (primary N) is 1. The van der Waals surface area contributed by atoms with Gasteiger partial charge in [-0.2, -0.15) is 4.98 Å². The molecule has 1 fully saturated rings. The average Bonchev–Trinajstić information content (AvgIpc) is 2.98. The van der Waals surface area contributed by atoms with E-state index >= 15 is 0 Å². The van der Waals surface area contributed by atoms with Crippen LogP contribution in [0.1, 0.15) is 25.3 Å². The number of aromatic nitrogens is 3. The molecular weight excluding hydrogens is 270 g/mol. The molecule has 0 bridgehead atoms. The summed E-state index contributed by atoms with van der Waals surface area (Å²) in [6, 6.07) is 3.50. The maximum absolute atomic E-state index is 5.75. The highest BCUT2D eigenvalue weighted by atomic mass is 16.5. The minimum absolute atomic E-state index is 0.137. The Balaban J connectivity index is 1.75. The van der Waals surface area contributed by atoms with Gasteiger partial charge in [-0.15, -0.1) is 0 Å². The van der Waals surface area contributed by atoms with Crippen LogP contribution in [0.15, 0.2) is 22.9 Å². The van der Waals surface area contributed by atoms with Crippen LogP contribution in [0, 0.1) is 0 Å². The molecule has 1 unspecified atom stereocenters. The lowest BCUT2D eigenvalue weighted by Crippen LogP contribution is -2.39. The van der Waals surface area contributed by atoms with Crippen molar-refractivity contribution in [2.45, 2.75) is 19.4 Å². The van der Waals surface area contributed by atoms with E-state index in [1.54, 1.807) is 18.3 Å². The number of nitrogens with zero attached hydrogens (tertiary/aromatic N) is 4. The Morgan fingerprint density at radius 1 is 1.48 bits per heavy atom. The summed E-state index contributed by atoms with van der Waals surface area (Å²) in [4.78, 5) is 10.7. The molecule has 2 N–H and O–H groups in total. The zero-order chi connectivity index (χ0) is 14.7. The molecule has 112 valence electrons. The van der Waals surface area contributed by atoms with E-state index in [0.29, 0.717) is 24.1 Å².